The molecular formula is C18H16O3. The first-order valence-corrected chi connectivity index (χ1v) is 7.28. The fourth-order valence-electron chi connectivity index (χ4n) is 3.16. The first-order valence-electron chi connectivity index (χ1n) is 7.28. The zero-order valence-electron chi connectivity index (χ0n) is 11.8. The van der Waals surface area contributed by atoms with Crippen LogP contribution in [0.15, 0.2) is 42.5 Å². The third-order valence-electron chi connectivity index (χ3n) is 4.20. The second kappa shape index (κ2) is 4.62. The van der Waals surface area contributed by atoms with E-state index in [0.29, 0.717) is 6.61 Å². The minimum absolute atomic E-state index is 0.127. The molecule has 2 unspecified atom stereocenters. The van der Waals surface area contributed by atoms with E-state index < -0.39 is 0 Å². The summed E-state index contributed by atoms with van der Waals surface area (Å²) >= 11 is 0. The van der Waals surface area contributed by atoms with Gasteiger partial charge in [0.15, 0.2) is 5.78 Å². The molecule has 21 heavy (non-hydrogen) atoms. The number of hydrogen-bond donors (Lipinski definition) is 0. The molecule has 0 aromatic heterocycles. The van der Waals surface area contributed by atoms with E-state index >= 15 is 0 Å². The second-order valence-electron chi connectivity index (χ2n) is 5.72. The van der Waals surface area contributed by atoms with Gasteiger partial charge in [-0.05, 0) is 36.8 Å². The zero-order valence-corrected chi connectivity index (χ0v) is 11.8. The standard InChI is InChI=1S/C18H16O3/c1-11-8-13-9-12(6-7-16(13)21-11)18(19)15-10-20-17-5-3-2-4-14(15)17/h2-7,9,11,15H,8,10H2,1H3. The number of ether oxygens (including phenoxy) is 2. The molecule has 2 aliphatic rings. The van der Waals surface area contributed by atoms with E-state index in [0.717, 1.165) is 34.6 Å². The van der Waals surface area contributed by atoms with E-state index in [-0.39, 0.29) is 17.8 Å². The van der Waals surface area contributed by atoms with Gasteiger partial charge in [-0.2, -0.15) is 0 Å². The van der Waals surface area contributed by atoms with Crippen LogP contribution in [0.5, 0.6) is 11.5 Å². The van der Waals surface area contributed by atoms with Crippen LogP contribution in [0.1, 0.15) is 34.3 Å². The van der Waals surface area contributed by atoms with Gasteiger partial charge >= 0.3 is 0 Å². The summed E-state index contributed by atoms with van der Waals surface area (Å²) in [5.74, 6) is 1.66. The number of Topliss-reactive ketones (excluding diaryl/α,β-unsaturated/α-hetero) is 1. The molecule has 106 valence electrons. The summed E-state index contributed by atoms with van der Waals surface area (Å²) in [5.41, 5.74) is 2.87. The molecule has 2 heterocycles. The molecule has 2 aliphatic heterocycles. The van der Waals surface area contributed by atoms with Crippen LogP contribution < -0.4 is 9.47 Å². The summed E-state index contributed by atoms with van der Waals surface area (Å²) < 4.78 is 11.3. The van der Waals surface area contributed by atoms with Gasteiger partial charge in [0.1, 0.15) is 24.2 Å². The Kier molecular flexibility index (Phi) is 2.74. The number of carbonyl (C=O) groups is 1. The number of carbonyl (C=O) groups excluding carboxylic acids is 1. The highest BCUT2D eigenvalue weighted by Crippen LogP contribution is 2.37. The van der Waals surface area contributed by atoms with Crippen LogP contribution in [0.25, 0.3) is 0 Å². The molecule has 0 saturated carbocycles. The minimum Gasteiger partial charge on any atom is -0.492 e. The van der Waals surface area contributed by atoms with Gasteiger partial charge in [-0.25, -0.2) is 0 Å². The maximum absolute atomic E-state index is 12.8. The van der Waals surface area contributed by atoms with Crippen LogP contribution >= 0.6 is 0 Å². The number of para-hydroxylation sites is 1. The predicted octanol–water partition coefficient (Wildman–Crippen LogP) is 3.37. The summed E-state index contributed by atoms with van der Waals surface area (Å²) in [5, 5.41) is 0. The number of hydrogen-bond acceptors (Lipinski definition) is 3. The Morgan fingerprint density at radius 3 is 2.90 bits per heavy atom. The van der Waals surface area contributed by atoms with Crippen LogP contribution in [-0.4, -0.2) is 18.5 Å². The Morgan fingerprint density at radius 1 is 1.14 bits per heavy atom. The smallest absolute Gasteiger partial charge is 0.173 e. The largest absolute Gasteiger partial charge is 0.492 e. The minimum atomic E-state index is -0.195. The lowest BCUT2D eigenvalue weighted by molar-refractivity contribution is 0.0947. The SMILES string of the molecule is CC1Cc2cc(C(=O)C3COc4ccccc43)ccc2O1. The lowest BCUT2D eigenvalue weighted by Crippen LogP contribution is -2.14. The maximum atomic E-state index is 12.8. The van der Waals surface area contributed by atoms with Gasteiger partial charge in [-0.15, -0.1) is 0 Å². The zero-order chi connectivity index (χ0) is 14.4. The molecule has 0 amide bonds. The Morgan fingerprint density at radius 2 is 2.00 bits per heavy atom. The molecule has 2 aromatic carbocycles. The molecule has 0 aliphatic carbocycles. The van der Waals surface area contributed by atoms with Crippen molar-refractivity contribution in [3.05, 3.63) is 59.2 Å². The molecule has 3 nitrogen and oxygen atoms in total. The molecular weight excluding hydrogens is 264 g/mol. The number of fused-ring (bicyclic) bond motifs is 2. The van der Waals surface area contributed by atoms with Gasteiger partial charge in [-0.1, -0.05) is 18.2 Å². The summed E-state index contributed by atoms with van der Waals surface area (Å²) in [4.78, 5) is 12.8. The predicted molar refractivity (Wildman–Crippen MR) is 79.2 cm³/mol. The Bertz CT molecular complexity index is 720. The van der Waals surface area contributed by atoms with Gasteiger partial charge in [0.05, 0.1) is 5.92 Å². The Balaban J connectivity index is 1.66. The number of ketones is 1. The maximum Gasteiger partial charge on any atom is 0.173 e. The van der Waals surface area contributed by atoms with Gasteiger partial charge in [-0.3, -0.25) is 4.79 Å². The molecule has 3 heteroatoms. The van der Waals surface area contributed by atoms with Gasteiger partial charge in [0.2, 0.25) is 0 Å². The van der Waals surface area contributed by atoms with Crippen LogP contribution in [0.4, 0.5) is 0 Å². The van der Waals surface area contributed by atoms with Crippen molar-refractivity contribution in [2.75, 3.05) is 6.61 Å². The Labute approximate surface area is 123 Å². The van der Waals surface area contributed by atoms with E-state index in [1.54, 1.807) is 0 Å². The summed E-state index contributed by atoms with van der Waals surface area (Å²) in [6.45, 7) is 2.48. The Hall–Kier alpha value is -2.29. The van der Waals surface area contributed by atoms with Crippen LogP contribution in [0.3, 0.4) is 0 Å². The molecule has 2 aromatic rings. The van der Waals surface area contributed by atoms with Crippen molar-refractivity contribution in [2.24, 2.45) is 0 Å². The van der Waals surface area contributed by atoms with Crippen molar-refractivity contribution in [2.45, 2.75) is 25.4 Å². The van der Waals surface area contributed by atoms with E-state index in [1.807, 2.05) is 49.4 Å². The molecule has 0 fully saturated rings. The normalized spacial score (nSPS) is 22.1. The first kappa shape index (κ1) is 12.5. The molecule has 0 N–H and O–H groups in total. The van der Waals surface area contributed by atoms with Crippen molar-refractivity contribution in [3.63, 3.8) is 0 Å². The fraction of sp³-hybridized carbons (Fsp3) is 0.278. The van der Waals surface area contributed by atoms with Gasteiger partial charge < -0.3 is 9.47 Å². The average molecular weight is 280 g/mol. The molecule has 0 bridgehead atoms. The third kappa shape index (κ3) is 2.00. The summed E-state index contributed by atoms with van der Waals surface area (Å²) in [7, 11) is 0. The summed E-state index contributed by atoms with van der Waals surface area (Å²) in [6.07, 6.45) is 1.06. The topological polar surface area (TPSA) is 35.5 Å². The van der Waals surface area contributed by atoms with Gasteiger partial charge in [0, 0.05) is 17.5 Å². The third-order valence-corrected chi connectivity index (χ3v) is 4.20. The van der Waals surface area contributed by atoms with E-state index in [4.69, 9.17) is 9.47 Å². The monoisotopic (exact) mass is 280 g/mol. The van der Waals surface area contributed by atoms with Crippen LogP contribution in [0, 0.1) is 0 Å². The molecule has 4 rings (SSSR count). The van der Waals surface area contributed by atoms with E-state index in [1.165, 1.54) is 0 Å². The van der Waals surface area contributed by atoms with Crippen molar-refractivity contribution in [1.29, 1.82) is 0 Å². The average Bonchev–Trinajstić information content (AvgIpc) is 3.07. The van der Waals surface area contributed by atoms with Gasteiger partial charge in [0.25, 0.3) is 0 Å². The quantitative estimate of drug-likeness (QED) is 0.791. The lowest BCUT2D eigenvalue weighted by Gasteiger charge is -2.09. The van der Waals surface area contributed by atoms with Crippen molar-refractivity contribution in [1.82, 2.24) is 0 Å². The van der Waals surface area contributed by atoms with E-state index in [2.05, 4.69) is 0 Å². The first-order chi connectivity index (χ1) is 10.2. The van der Waals surface area contributed by atoms with E-state index in [9.17, 15) is 4.79 Å². The molecule has 0 spiro atoms. The highest BCUT2D eigenvalue weighted by atomic mass is 16.5. The second-order valence-corrected chi connectivity index (χ2v) is 5.72. The molecule has 0 saturated heterocycles. The highest BCUT2D eigenvalue weighted by molar-refractivity contribution is 6.02. The van der Waals surface area contributed by atoms with Crippen molar-refractivity contribution < 1.29 is 14.3 Å². The number of rotatable bonds is 2. The number of benzene rings is 2. The van der Waals surface area contributed by atoms with Crippen molar-refractivity contribution >= 4 is 5.78 Å². The fourth-order valence-corrected chi connectivity index (χ4v) is 3.16. The van der Waals surface area contributed by atoms with Crippen LogP contribution in [-0.2, 0) is 6.42 Å². The summed E-state index contributed by atoms with van der Waals surface area (Å²) in [6, 6.07) is 13.5. The van der Waals surface area contributed by atoms with Crippen LogP contribution in [0.2, 0.25) is 0 Å². The lowest BCUT2D eigenvalue weighted by atomic mass is 9.91. The highest BCUT2D eigenvalue weighted by Gasteiger charge is 2.31. The molecule has 2 atom stereocenters. The van der Waals surface area contributed by atoms with Crippen molar-refractivity contribution in [3.8, 4) is 11.5 Å². The molecule has 0 radical (unpaired) electrons.